The smallest absolute Gasteiger partial charge is 0.228 e. The maximum absolute atomic E-state index is 11.2. The summed E-state index contributed by atoms with van der Waals surface area (Å²) in [6.45, 7) is 0. The van der Waals surface area contributed by atoms with E-state index in [2.05, 4.69) is 20.9 Å². The molecule has 0 atom stereocenters. The zero-order chi connectivity index (χ0) is 13.9. The summed E-state index contributed by atoms with van der Waals surface area (Å²) in [7, 11) is -3.04. The molecule has 4 nitrogen and oxygen atoms in total. The van der Waals surface area contributed by atoms with Crippen molar-refractivity contribution in [2.24, 2.45) is 0 Å². The molecule has 0 spiro atoms. The summed E-state index contributed by atoms with van der Waals surface area (Å²) < 4.78 is 29.1. The summed E-state index contributed by atoms with van der Waals surface area (Å²) in [5, 5.41) is 0. The highest BCUT2D eigenvalue weighted by molar-refractivity contribution is 9.10. The standard InChI is InChI=1S/C13H18BrNO3S/c1-19(16,17)9-10-7-12(14)13(15-8-10)18-11-5-3-2-4-6-11/h7-8,11H,2-6,9H2,1H3. The molecular formula is C13H18BrNO3S. The fourth-order valence-corrected chi connectivity index (χ4v) is 3.53. The molecule has 1 aromatic rings. The third-order valence-corrected chi connectivity index (χ3v) is 4.55. The molecule has 0 unspecified atom stereocenters. The van der Waals surface area contributed by atoms with E-state index < -0.39 is 9.84 Å². The lowest BCUT2D eigenvalue weighted by Gasteiger charge is -2.22. The van der Waals surface area contributed by atoms with Crippen molar-refractivity contribution < 1.29 is 13.2 Å². The second kappa shape index (κ2) is 6.22. The van der Waals surface area contributed by atoms with E-state index in [1.54, 1.807) is 12.3 Å². The van der Waals surface area contributed by atoms with E-state index in [1.807, 2.05) is 0 Å². The van der Waals surface area contributed by atoms with Crippen LogP contribution < -0.4 is 4.74 Å². The second-order valence-electron chi connectivity index (χ2n) is 5.08. The van der Waals surface area contributed by atoms with Gasteiger partial charge in [-0.25, -0.2) is 13.4 Å². The van der Waals surface area contributed by atoms with E-state index in [1.165, 1.54) is 25.5 Å². The molecule has 0 amide bonds. The van der Waals surface area contributed by atoms with Crippen LogP contribution in [0.2, 0.25) is 0 Å². The van der Waals surface area contributed by atoms with Crippen molar-refractivity contribution in [2.45, 2.75) is 44.0 Å². The fourth-order valence-electron chi connectivity index (χ4n) is 2.27. The molecule has 0 aromatic carbocycles. The Morgan fingerprint density at radius 3 is 2.63 bits per heavy atom. The Kier molecular flexibility index (Phi) is 4.84. The van der Waals surface area contributed by atoms with Crippen molar-refractivity contribution in [3.05, 3.63) is 22.3 Å². The van der Waals surface area contributed by atoms with Crippen LogP contribution in [0, 0.1) is 0 Å². The highest BCUT2D eigenvalue weighted by atomic mass is 79.9. The van der Waals surface area contributed by atoms with Crippen molar-refractivity contribution in [1.29, 1.82) is 0 Å². The summed E-state index contributed by atoms with van der Waals surface area (Å²) in [4.78, 5) is 4.22. The zero-order valence-corrected chi connectivity index (χ0v) is 13.3. The third kappa shape index (κ3) is 4.76. The molecule has 0 saturated heterocycles. The van der Waals surface area contributed by atoms with Gasteiger partial charge < -0.3 is 4.74 Å². The number of sulfone groups is 1. The molecular weight excluding hydrogens is 330 g/mol. The lowest BCUT2D eigenvalue weighted by atomic mass is 9.98. The number of ether oxygens (including phenoxy) is 1. The van der Waals surface area contributed by atoms with Gasteiger partial charge in [-0.3, -0.25) is 0 Å². The first-order valence-corrected chi connectivity index (χ1v) is 9.28. The molecule has 1 fully saturated rings. The van der Waals surface area contributed by atoms with Crippen molar-refractivity contribution in [1.82, 2.24) is 4.98 Å². The van der Waals surface area contributed by atoms with E-state index in [-0.39, 0.29) is 11.9 Å². The maximum atomic E-state index is 11.2. The van der Waals surface area contributed by atoms with Gasteiger partial charge >= 0.3 is 0 Å². The highest BCUT2D eigenvalue weighted by Gasteiger charge is 2.17. The van der Waals surface area contributed by atoms with Crippen LogP contribution in [-0.2, 0) is 15.6 Å². The summed E-state index contributed by atoms with van der Waals surface area (Å²) in [5.74, 6) is 0.562. The first-order chi connectivity index (χ1) is 8.94. The van der Waals surface area contributed by atoms with Crippen LogP contribution in [0.5, 0.6) is 5.88 Å². The predicted molar refractivity (Wildman–Crippen MR) is 78.0 cm³/mol. The SMILES string of the molecule is CS(=O)(=O)Cc1cnc(OC2CCCCC2)c(Br)c1. The number of pyridine rings is 1. The summed E-state index contributed by atoms with van der Waals surface area (Å²) >= 11 is 3.40. The number of rotatable bonds is 4. The van der Waals surface area contributed by atoms with Crippen LogP contribution in [0.15, 0.2) is 16.7 Å². The van der Waals surface area contributed by atoms with Gasteiger partial charge in [-0.15, -0.1) is 0 Å². The van der Waals surface area contributed by atoms with Gasteiger partial charge in [-0.2, -0.15) is 0 Å². The Morgan fingerprint density at radius 1 is 1.37 bits per heavy atom. The molecule has 6 heteroatoms. The second-order valence-corrected chi connectivity index (χ2v) is 8.07. The third-order valence-electron chi connectivity index (χ3n) is 3.12. The van der Waals surface area contributed by atoms with Crippen molar-refractivity contribution in [3.8, 4) is 5.88 Å². The molecule has 1 saturated carbocycles. The van der Waals surface area contributed by atoms with E-state index in [4.69, 9.17) is 4.74 Å². The Morgan fingerprint density at radius 2 is 2.05 bits per heavy atom. The number of aromatic nitrogens is 1. The highest BCUT2D eigenvalue weighted by Crippen LogP contribution is 2.28. The van der Waals surface area contributed by atoms with Crippen molar-refractivity contribution in [3.63, 3.8) is 0 Å². The summed E-state index contributed by atoms with van der Waals surface area (Å²) in [5.41, 5.74) is 0.672. The van der Waals surface area contributed by atoms with Gasteiger partial charge in [-0.1, -0.05) is 6.42 Å². The Bertz CT molecular complexity index is 539. The Balaban J connectivity index is 2.06. The predicted octanol–water partition coefficient (Wildman–Crippen LogP) is 3.10. The minimum atomic E-state index is -3.04. The van der Waals surface area contributed by atoms with Crippen molar-refractivity contribution in [2.75, 3.05) is 6.26 Å². The van der Waals surface area contributed by atoms with Gasteiger partial charge in [0, 0.05) is 12.5 Å². The molecule has 1 aromatic heterocycles. The number of hydrogen-bond acceptors (Lipinski definition) is 4. The van der Waals surface area contributed by atoms with Gasteiger partial charge in [0.15, 0.2) is 9.84 Å². The summed E-state index contributed by atoms with van der Waals surface area (Å²) in [6.07, 6.45) is 8.85. The molecule has 1 aliphatic rings. The van der Waals surface area contributed by atoms with Crippen molar-refractivity contribution >= 4 is 25.8 Å². The minimum Gasteiger partial charge on any atom is -0.474 e. The van der Waals surface area contributed by atoms with Gasteiger partial charge in [0.2, 0.25) is 5.88 Å². The monoisotopic (exact) mass is 347 g/mol. The van der Waals surface area contributed by atoms with E-state index in [0.717, 1.165) is 17.3 Å². The molecule has 19 heavy (non-hydrogen) atoms. The normalized spacial score (nSPS) is 17.4. The largest absolute Gasteiger partial charge is 0.474 e. The Hall–Kier alpha value is -0.620. The molecule has 0 bridgehead atoms. The molecule has 2 rings (SSSR count). The van der Waals surface area contributed by atoms with Gasteiger partial charge in [0.25, 0.3) is 0 Å². The Labute approximate surface area is 122 Å². The topological polar surface area (TPSA) is 56.3 Å². The average molecular weight is 348 g/mol. The fraction of sp³-hybridized carbons (Fsp3) is 0.615. The van der Waals surface area contributed by atoms with Crippen LogP contribution >= 0.6 is 15.9 Å². The lowest BCUT2D eigenvalue weighted by molar-refractivity contribution is 0.147. The number of halogens is 1. The van der Waals surface area contributed by atoms with E-state index in [0.29, 0.717) is 11.4 Å². The first-order valence-electron chi connectivity index (χ1n) is 6.43. The minimum absolute atomic E-state index is 0.00229. The van der Waals surface area contributed by atoms with Gasteiger partial charge in [-0.05, 0) is 53.2 Å². The molecule has 1 heterocycles. The molecule has 0 radical (unpaired) electrons. The molecule has 0 N–H and O–H groups in total. The zero-order valence-electron chi connectivity index (χ0n) is 10.9. The number of nitrogens with zero attached hydrogens (tertiary/aromatic N) is 1. The van der Waals surface area contributed by atoms with Crippen LogP contribution in [-0.4, -0.2) is 25.8 Å². The van der Waals surface area contributed by atoms with Crippen LogP contribution in [0.25, 0.3) is 0 Å². The van der Waals surface area contributed by atoms with Gasteiger partial charge in [0.05, 0.1) is 10.2 Å². The average Bonchev–Trinajstić information content (AvgIpc) is 2.32. The summed E-state index contributed by atoms with van der Waals surface area (Å²) in [6, 6.07) is 1.77. The van der Waals surface area contributed by atoms with E-state index >= 15 is 0 Å². The number of hydrogen-bond donors (Lipinski definition) is 0. The lowest BCUT2D eigenvalue weighted by Crippen LogP contribution is -2.20. The molecule has 106 valence electrons. The van der Waals surface area contributed by atoms with Crippen LogP contribution in [0.4, 0.5) is 0 Å². The quantitative estimate of drug-likeness (QED) is 0.839. The van der Waals surface area contributed by atoms with Crippen LogP contribution in [0.1, 0.15) is 37.7 Å². The molecule has 0 aliphatic heterocycles. The first kappa shape index (κ1) is 14.8. The van der Waals surface area contributed by atoms with Gasteiger partial charge in [0.1, 0.15) is 6.10 Å². The molecule has 1 aliphatic carbocycles. The van der Waals surface area contributed by atoms with E-state index in [9.17, 15) is 8.42 Å². The van der Waals surface area contributed by atoms with Crippen LogP contribution in [0.3, 0.4) is 0 Å². The maximum Gasteiger partial charge on any atom is 0.228 e.